The lowest BCUT2D eigenvalue weighted by molar-refractivity contribution is -0.489. The minimum Gasteiger partial charge on any atom is -0.481 e. The molecule has 1 rings (SSSR count). The maximum Gasteiger partial charge on any atom is 0.303 e. The average Bonchev–Trinajstić information content (AvgIpc) is 2.59. The number of nitrogens with zero attached hydrogens (tertiary/aromatic N) is 1. The van der Waals surface area contributed by atoms with E-state index < -0.39 is 12.1 Å². The average molecular weight is 259 g/mol. The first-order chi connectivity index (χ1) is 8.50. The summed E-state index contributed by atoms with van der Waals surface area (Å²) in [6.45, 7) is -0.0587. The number of aliphatic carboxylic acids is 1. The largest absolute Gasteiger partial charge is 0.481 e. The quantitative estimate of drug-likeness (QED) is 0.392. The molecule has 1 saturated carbocycles. The molecule has 0 bridgehead atoms. The summed E-state index contributed by atoms with van der Waals surface area (Å²) in [6, 6.07) is 0. The Morgan fingerprint density at radius 2 is 2.00 bits per heavy atom. The highest BCUT2D eigenvalue weighted by Crippen LogP contribution is 2.35. The first-order valence-corrected chi connectivity index (χ1v) is 6.52. The van der Waals surface area contributed by atoms with Gasteiger partial charge < -0.3 is 10.2 Å². The summed E-state index contributed by atoms with van der Waals surface area (Å²) in [4.78, 5) is 20.5. The van der Waals surface area contributed by atoms with Crippen LogP contribution in [0.4, 0.5) is 0 Å². The van der Waals surface area contributed by atoms with Crippen molar-refractivity contribution in [1.82, 2.24) is 0 Å². The molecule has 0 heterocycles. The molecule has 6 heteroatoms. The number of hydrogen-bond donors (Lipinski definition) is 2. The Morgan fingerprint density at radius 3 is 2.61 bits per heavy atom. The van der Waals surface area contributed by atoms with Gasteiger partial charge in [0.15, 0.2) is 0 Å². The number of hydrogen-bond acceptors (Lipinski definition) is 4. The second-order valence-corrected chi connectivity index (χ2v) is 5.08. The Kier molecular flexibility index (Phi) is 6.04. The number of carboxylic acid groups (broad SMARTS) is 1. The van der Waals surface area contributed by atoms with Crippen molar-refractivity contribution in [2.24, 2.45) is 11.8 Å². The van der Waals surface area contributed by atoms with Crippen LogP contribution in [0.5, 0.6) is 0 Å². The molecule has 18 heavy (non-hydrogen) atoms. The number of rotatable bonds is 8. The number of carbonyl (C=O) groups is 1. The van der Waals surface area contributed by atoms with Gasteiger partial charge in [-0.2, -0.15) is 0 Å². The molecule has 1 aliphatic carbocycles. The lowest BCUT2D eigenvalue weighted by atomic mass is 9.89. The molecule has 3 unspecified atom stereocenters. The smallest absolute Gasteiger partial charge is 0.303 e. The third kappa shape index (κ3) is 5.00. The van der Waals surface area contributed by atoms with Crippen molar-refractivity contribution in [2.75, 3.05) is 6.54 Å². The Labute approximate surface area is 106 Å². The molecular weight excluding hydrogens is 238 g/mol. The monoisotopic (exact) mass is 259 g/mol. The minimum atomic E-state index is -0.790. The summed E-state index contributed by atoms with van der Waals surface area (Å²) in [5.41, 5.74) is 0. The van der Waals surface area contributed by atoms with Crippen LogP contribution in [0.2, 0.25) is 0 Å². The highest BCUT2D eigenvalue weighted by Gasteiger charge is 2.37. The molecule has 0 saturated heterocycles. The number of carboxylic acids is 1. The van der Waals surface area contributed by atoms with E-state index in [-0.39, 0.29) is 29.7 Å². The first-order valence-electron chi connectivity index (χ1n) is 6.52. The third-order valence-corrected chi connectivity index (χ3v) is 3.74. The molecule has 0 aromatic heterocycles. The minimum absolute atomic E-state index is 0.0141. The number of unbranched alkanes of at least 4 members (excludes halogenated alkanes) is 2. The van der Waals surface area contributed by atoms with Crippen LogP contribution in [0.25, 0.3) is 0 Å². The molecule has 0 amide bonds. The molecule has 0 aromatic rings. The third-order valence-electron chi connectivity index (χ3n) is 3.74. The van der Waals surface area contributed by atoms with Gasteiger partial charge in [0, 0.05) is 17.3 Å². The van der Waals surface area contributed by atoms with Gasteiger partial charge in [-0.25, -0.2) is 0 Å². The van der Waals surface area contributed by atoms with Gasteiger partial charge in [0.2, 0.25) is 6.54 Å². The Bertz CT molecular complexity index is 294. The zero-order valence-electron chi connectivity index (χ0n) is 10.5. The van der Waals surface area contributed by atoms with Crippen LogP contribution in [0, 0.1) is 22.0 Å². The van der Waals surface area contributed by atoms with E-state index in [0.717, 1.165) is 25.7 Å². The van der Waals surface area contributed by atoms with Crippen molar-refractivity contribution in [3.8, 4) is 0 Å². The lowest BCUT2D eigenvalue weighted by Gasteiger charge is -2.19. The first kappa shape index (κ1) is 14.9. The summed E-state index contributed by atoms with van der Waals surface area (Å²) < 4.78 is 0. The zero-order valence-corrected chi connectivity index (χ0v) is 10.5. The summed E-state index contributed by atoms with van der Waals surface area (Å²) in [5, 5.41) is 28.8. The topological polar surface area (TPSA) is 101 Å². The van der Waals surface area contributed by atoms with Crippen molar-refractivity contribution in [1.29, 1.82) is 0 Å². The summed E-state index contributed by atoms with van der Waals surface area (Å²) in [7, 11) is 0. The summed E-state index contributed by atoms with van der Waals surface area (Å²) in [5.74, 6) is -0.795. The van der Waals surface area contributed by atoms with Crippen molar-refractivity contribution >= 4 is 5.97 Å². The standard InChI is InChI=1S/C12H21NO5/c14-11-7-6-9(8-13(17)18)10(11)4-2-1-3-5-12(15)16/h9-11,14H,1-8H2,(H,15,16). The van der Waals surface area contributed by atoms with E-state index in [0.29, 0.717) is 12.8 Å². The fourth-order valence-corrected chi connectivity index (χ4v) is 2.81. The van der Waals surface area contributed by atoms with Gasteiger partial charge in [0.05, 0.1) is 6.10 Å². The van der Waals surface area contributed by atoms with Crippen molar-refractivity contribution in [3.63, 3.8) is 0 Å². The zero-order chi connectivity index (χ0) is 13.5. The maximum atomic E-state index is 10.5. The molecule has 3 atom stereocenters. The molecule has 0 aliphatic heterocycles. The van der Waals surface area contributed by atoms with Gasteiger partial charge in [0.1, 0.15) is 0 Å². The van der Waals surface area contributed by atoms with Crippen LogP contribution >= 0.6 is 0 Å². The van der Waals surface area contributed by atoms with Crippen molar-refractivity contribution in [3.05, 3.63) is 10.1 Å². The van der Waals surface area contributed by atoms with Crippen molar-refractivity contribution < 1.29 is 19.9 Å². The molecule has 0 spiro atoms. The van der Waals surface area contributed by atoms with Crippen LogP contribution in [0.3, 0.4) is 0 Å². The van der Waals surface area contributed by atoms with Gasteiger partial charge >= 0.3 is 5.97 Å². The van der Waals surface area contributed by atoms with Crippen LogP contribution in [0.15, 0.2) is 0 Å². The Balaban J connectivity index is 2.25. The second kappa shape index (κ2) is 7.31. The van der Waals surface area contributed by atoms with Gasteiger partial charge in [-0.15, -0.1) is 0 Å². The van der Waals surface area contributed by atoms with E-state index >= 15 is 0 Å². The van der Waals surface area contributed by atoms with Gasteiger partial charge in [-0.3, -0.25) is 14.9 Å². The van der Waals surface area contributed by atoms with E-state index in [9.17, 15) is 20.0 Å². The molecular formula is C12H21NO5. The van der Waals surface area contributed by atoms with Crippen LogP contribution in [-0.2, 0) is 4.79 Å². The predicted molar refractivity (Wildman–Crippen MR) is 64.8 cm³/mol. The van der Waals surface area contributed by atoms with E-state index in [4.69, 9.17) is 5.11 Å². The van der Waals surface area contributed by atoms with E-state index in [1.807, 2.05) is 0 Å². The molecule has 1 aliphatic rings. The van der Waals surface area contributed by atoms with Gasteiger partial charge in [-0.1, -0.05) is 12.8 Å². The van der Waals surface area contributed by atoms with Gasteiger partial charge in [0.25, 0.3) is 0 Å². The molecule has 2 N–H and O–H groups in total. The van der Waals surface area contributed by atoms with Crippen LogP contribution < -0.4 is 0 Å². The predicted octanol–water partition coefficient (Wildman–Crippen LogP) is 1.69. The Hall–Kier alpha value is -1.17. The molecule has 0 aromatic carbocycles. The Morgan fingerprint density at radius 1 is 1.28 bits per heavy atom. The van der Waals surface area contributed by atoms with Gasteiger partial charge in [-0.05, 0) is 31.6 Å². The highest BCUT2D eigenvalue weighted by atomic mass is 16.6. The van der Waals surface area contributed by atoms with Crippen LogP contribution in [0.1, 0.15) is 44.9 Å². The normalized spacial score (nSPS) is 27.3. The van der Waals surface area contributed by atoms with E-state index in [1.165, 1.54) is 0 Å². The van der Waals surface area contributed by atoms with E-state index in [2.05, 4.69) is 0 Å². The fourth-order valence-electron chi connectivity index (χ4n) is 2.81. The highest BCUT2D eigenvalue weighted by molar-refractivity contribution is 5.66. The number of nitro groups is 1. The SMILES string of the molecule is O=C(O)CCCCCC1C(O)CCC1C[N+](=O)[O-]. The van der Waals surface area contributed by atoms with E-state index in [1.54, 1.807) is 0 Å². The fraction of sp³-hybridized carbons (Fsp3) is 0.917. The molecule has 1 fully saturated rings. The maximum absolute atomic E-state index is 10.5. The summed E-state index contributed by atoms with van der Waals surface area (Å²) >= 11 is 0. The second-order valence-electron chi connectivity index (χ2n) is 5.08. The molecule has 6 nitrogen and oxygen atoms in total. The molecule has 104 valence electrons. The number of aliphatic hydroxyl groups excluding tert-OH is 1. The number of aliphatic hydroxyl groups is 1. The van der Waals surface area contributed by atoms with Crippen molar-refractivity contribution in [2.45, 2.75) is 51.0 Å². The van der Waals surface area contributed by atoms with Crippen LogP contribution in [-0.4, -0.2) is 33.8 Å². The molecule has 0 radical (unpaired) electrons. The summed E-state index contributed by atoms with van der Waals surface area (Å²) in [6.07, 6.45) is 4.17. The lowest BCUT2D eigenvalue weighted by Crippen LogP contribution is -2.24.